The van der Waals surface area contributed by atoms with Crippen molar-refractivity contribution in [3.63, 3.8) is 0 Å². The molecule has 0 saturated carbocycles. The first-order valence-electron chi connectivity index (χ1n) is 25.2. The summed E-state index contributed by atoms with van der Waals surface area (Å²) >= 11 is 0. The fourth-order valence-corrected chi connectivity index (χ4v) is 8.84. The molecule has 8 atom stereocenters. The van der Waals surface area contributed by atoms with Crippen molar-refractivity contribution in [2.24, 2.45) is 0 Å². The van der Waals surface area contributed by atoms with Gasteiger partial charge in [-0.2, -0.15) is 0 Å². The summed E-state index contributed by atoms with van der Waals surface area (Å²) in [6.07, 6.45) is -3.05. The monoisotopic (exact) mass is 980 g/mol. The molecule has 0 unspecified atom stereocenters. The van der Waals surface area contributed by atoms with Gasteiger partial charge in [-0.3, -0.25) is 0 Å². The third-order valence-electron chi connectivity index (χ3n) is 12.6. The summed E-state index contributed by atoms with van der Waals surface area (Å²) in [6.45, 7) is 11.5. The Morgan fingerprint density at radius 1 is 0.425 bits per heavy atom. The summed E-state index contributed by atoms with van der Waals surface area (Å²) in [4.78, 5) is 0. The zero-order chi connectivity index (χ0) is 50.1. The molecular weight excluding hydrogens is 913 g/mol. The van der Waals surface area contributed by atoms with Crippen LogP contribution in [0.15, 0.2) is 237 Å². The Morgan fingerprint density at radius 2 is 0.781 bits per heavy atom. The van der Waals surface area contributed by atoms with Crippen molar-refractivity contribution in [3.05, 3.63) is 276 Å². The summed E-state index contributed by atoms with van der Waals surface area (Å²) < 4.78 is 61.7. The standard InChI is InChI=1S/C64H68O9/c1-3-57(67-42-52-29-15-6-16-30-52)61(68-43-53-31-17-7-18-32-53)59(47-65-40-50-25-11-4-12-26-50)72-49(2)39-58-62(69-44-54-33-19-8-20-34-54)64(71-46-56-37-23-10-24-38-56)63(70-45-55-35-21-9-22-36-55)60(73-58)48-66-41-51-27-13-5-14-28-51/h3-38,57-64H,1-2,39-48H2/t57-,58-,59-,60-,61+,62-,63-,64-/m1/s1. The average molecular weight is 981 g/mol. The topological polar surface area (TPSA) is 83.1 Å². The van der Waals surface area contributed by atoms with Crippen molar-refractivity contribution >= 4 is 0 Å². The molecule has 0 radical (unpaired) electrons. The van der Waals surface area contributed by atoms with Gasteiger partial charge in [-0.15, -0.1) is 6.58 Å². The van der Waals surface area contributed by atoms with Crippen LogP contribution in [0.2, 0.25) is 0 Å². The predicted molar refractivity (Wildman–Crippen MR) is 285 cm³/mol. The van der Waals surface area contributed by atoms with E-state index in [1.807, 2.05) is 164 Å². The van der Waals surface area contributed by atoms with Crippen molar-refractivity contribution in [1.82, 2.24) is 0 Å². The van der Waals surface area contributed by atoms with Crippen LogP contribution in [0.1, 0.15) is 45.4 Å². The molecule has 7 aromatic rings. The second kappa shape index (κ2) is 29.3. The van der Waals surface area contributed by atoms with Crippen LogP contribution >= 0.6 is 0 Å². The van der Waals surface area contributed by atoms with Gasteiger partial charge in [0.25, 0.3) is 0 Å². The maximum absolute atomic E-state index is 7.22. The van der Waals surface area contributed by atoms with Crippen LogP contribution in [0, 0.1) is 0 Å². The Kier molecular flexibility index (Phi) is 21.2. The Bertz CT molecular complexity index is 2590. The molecule has 73 heavy (non-hydrogen) atoms. The largest absolute Gasteiger partial charge is 0.490 e. The number of rotatable bonds is 30. The quantitative estimate of drug-likeness (QED) is 0.0323. The van der Waals surface area contributed by atoms with Crippen LogP contribution in [0.25, 0.3) is 0 Å². The van der Waals surface area contributed by atoms with E-state index < -0.39 is 48.8 Å². The summed E-state index contributed by atoms with van der Waals surface area (Å²) in [5.41, 5.74) is 7.15. The van der Waals surface area contributed by atoms with E-state index >= 15 is 0 Å². The van der Waals surface area contributed by atoms with E-state index in [4.69, 9.17) is 42.6 Å². The first kappa shape index (κ1) is 52.8. The number of ether oxygens (including phenoxy) is 9. The smallest absolute Gasteiger partial charge is 0.150 e. The van der Waals surface area contributed by atoms with E-state index in [2.05, 4.69) is 61.7 Å². The van der Waals surface area contributed by atoms with Crippen molar-refractivity contribution in [3.8, 4) is 0 Å². The molecule has 1 heterocycles. The molecule has 0 aliphatic carbocycles. The second-order valence-corrected chi connectivity index (χ2v) is 18.2. The molecule has 0 N–H and O–H groups in total. The molecule has 0 spiro atoms. The van der Waals surface area contributed by atoms with Crippen molar-refractivity contribution in [2.75, 3.05) is 13.2 Å². The third-order valence-corrected chi connectivity index (χ3v) is 12.6. The molecule has 378 valence electrons. The number of hydrogen-bond donors (Lipinski definition) is 0. The van der Waals surface area contributed by atoms with Crippen LogP contribution in [0.4, 0.5) is 0 Å². The lowest BCUT2D eigenvalue weighted by Crippen LogP contribution is -2.61. The van der Waals surface area contributed by atoms with E-state index in [1.165, 1.54) is 0 Å². The number of hydrogen-bond acceptors (Lipinski definition) is 9. The molecule has 9 nitrogen and oxygen atoms in total. The highest BCUT2D eigenvalue weighted by atomic mass is 16.6. The summed E-state index contributed by atoms with van der Waals surface area (Å²) in [5, 5.41) is 0. The highest BCUT2D eigenvalue weighted by Gasteiger charge is 2.49. The molecule has 1 aliphatic rings. The van der Waals surface area contributed by atoms with Gasteiger partial charge in [0.2, 0.25) is 0 Å². The SMILES string of the molecule is C=C[C@@H](OCc1ccccc1)[C@H](OCc1ccccc1)[C@@H](COCc1ccccc1)OC(=C)C[C@H]1O[C@H](COCc2ccccc2)[C@@H](OCc2ccccc2)[C@H](OCc2ccccc2)[C@@H]1OCc1ccccc1. The molecule has 8 rings (SSSR count). The van der Waals surface area contributed by atoms with Gasteiger partial charge in [0.1, 0.15) is 36.6 Å². The van der Waals surface area contributed by atoms with E-state index in [9.17, 15) is 0 Å². The lowest BCUT2D eigenvalue weighted by atomic mass is 9.92. The van der Waals surface area contributed by atoms with Crippen LogP contribution in [-0.4, -0.2) is 62.0 Å². The highest BCUT2D eigenvalue weighted by molar-refractivity contribution is 5.19. The third kappa shape index (κ3) is 17.0. The van der Waals surface area contributed by atoms with Crippen LogP contribution in [0.5, 0.6) is 0 Å². The first-order valence-corrected chi connectivity index (χ1v) is 25.2. The molecule has 0 amide bonds. The summed E-state index contributed by atoms with van der Waals surface area (Å²) in [6, 6.07) is 70.7. The van der Waals surface area contributed by atoms with Gasteiger partial charge in [0.05, 0.1) is 71.3 Å². The molecule has 1 saturated heterocycles. The van der Waals surface area contributed by atoms with Gasteiger partial charge in [0, 0.05) is 6.42 Å². The van der Waals surface area contributed by atoms with Crippen LogP contribution in [-0.2, 0) is 88.9 Å². The Labute approximate surface area is 431 Å². The molecule has 7 aromatic carbocycles. The molecular formula is C64H68O9. The Hall–Kier alpha value is -6.50. The minimum Gasteiger partial charge on any atom is -0.490 e. The van der Waals surface area contributed by atoms with Gasteiger partial charge < -0.3 is 42.6 Å². The normalized spacial score (nSPS) is 18.8. The first-order chi connectivity index (χ1) is 36.1. The maximum atomic E-state index is 7.22. The fourth-order valence-electron chi connectivity index (χ4n) is 8.84. The minimum absolute atomic E-state index is 0.153. The molecule has 9 heteroatoms. The maximum Gasteiger partial charge on any atom is 0.150 e. The predicted octanol–water partition coefficient (Wildman–Crippen LogP) is 12.6. The van der Waals surface area contributed by atoms with Gasteiger partial charge in [-0.05, 0) is 38.9 Å². The molecule has 0 aromatic heterocycles. The lowest BCUT2D eigenvalue weighted by Gasteiger charge is -2.46. The summed E-state index contributed by atoms with van der Waals surface area (Å²) in [5.74, 6) is 0.445. The van der Waals surface area contributed by atoms with Gasteiger partial charge >= 0.3 is 0 Å². The van der Waals surface area contributed by atoms with Crippen LogP contribution < -0.4 is 0 Å². The Morgan fingerprint density at radius 3 is 1.21 bits per heavy atom. The van der Waals surface area contributed by atoms with E-state index in [0.717, 1.165) is 38.9 Å². The Balaban J connectivity index is 1.11. The van der Waals surface area contributed by atoms with Gasteiger partial charge in [0.15, 0.2) is 6.10 Å². The van der Waals surface area contributed by atoms with Crippen LogP contribution in [0.3, 0.4) is 0 Å². The van der Waals surface area contributed by atoms with Crippen molar-refractivity contribution in [2.45, 2.75) is 102 Å². The van der Waals surface area contributed by atoms with E-state index in [1.54, 1.807) is 6.08 Å². The van der Waals surface area contributed by atoms with Gasteiger partial charge in [-0.1, -0.05) is 225 Å². The number of benzene rings is 7. The zero-order valence-corrected chi connectivity index (χ0v) is 41.6. The molecule has 1 fully saturated rings. The van der Waals surface area contributed by atoms with Crippen molar-refractivity contribution in [1.29, 1.82) is 0 Å². The zero-order valence-electron chi connectivity index (χ0n) is 41.6. The minimum atomic E-state index is -0.705. The second-order valence-electron chi connectivity index (χ2n) is 18.2. The van der Waals surface area contributed by atoms with E-state index in [-0.39, 0.29) is 19.6 Å². The summed E-state index contributed by atoms with van der Waals surface area (Å²) in [7, 11) is 0. The van der Waals surface area contributed by atoms with Gasteiger partial charge in [-0.25, -0.2) is 0 Å². The average Bonchev–Trinajstić information content (AvgIpc) is 3.44. The van der Waals surface area contributed by atoms with E-state index in [0.29, 0.717) is 52.0 Å². The lowest BCUT2D eigenvalue weighted by molar-refractivity contribution is -0.273. The molecule has 0 bridgehead atoms. The molecule has 1 aliphatic heterocycles. The van der Waals surface area contributed by atoms with Crippen molar-refractivity contribution < 1.29 is 42.6 Å². The highest BCUT2D eigenvalue weighted by Crippen LogP contribution is 2.34. The fraction of sp³-hybridized carbons (Fsp3) is 0.281.